The molecule has 16 heavy (non-hydrogen) atoms. The van der Waals surface area contributed by atoms with Gasteiger partial charge in [0.25, 0.3) is 0 Å². The van der Waals surface area contributed by atoms with Crippen molar-refractivity contribution < 1.29 is 0 Å². The zero-order valence-electron chi connectivity index (χ0n) is 9.81. The molecule has 1 saturated heterocycles. The van der Waals surface area contributed by atoms with E-state index < -0.39 is 0 Å². The number of halogens is 2. The molecule has 96 valence electrons. The van der Waals surface area contributed by atoms with Gasteiger partial charge in [-0.05, 0) is 51.1 Å². The molecule has 1 aliphatic carbocycles. The van der Waals surface area contributed by atoms with Crippen LogP contribution in [0.5, 0.6) is 0 Å². The molecule has 1 unspecified atom stereocenters. The zero-order chi connectivity index (χ0) is 9.80. The lowest BCUT2D eigenvalue weighted by molar-refractivity contribution is 0.190. The fraction of sp³-hybridized carbons (Fsp3) is 0.833. The van der Waals surface area contributed by atoms with Crippen LogP contribution in [0.25, 0.3) is 0 Å². The maximum atomic E-state index is 5.89. The van der Waals surface area contributed by atoms with Crippen molar-refractivity contribution in [3.05, 3.63) is 12.2 Å². The van der Waals surface area contributed by atoms with Gasteiger partial charge in [-0.25, -0.2) is 0 Å². The quantitative estimate of drug-likeness (QED) is 0.779. The summed E-state index contributed by atoms with van der Waals surface area (Å²) in [5, 5.41) is 0. The Bertz CT molecular complexity index is 201. The van der Waals surface area contributed by atoms with Gasteiger partial charge in [0, 0.05) is 12.6 Å². The van der Waals surface area contributed by atoms with Crippen molar-refractivity contribution in [1.82, 2.24) is 4.90 Å². The molecule has 0 spiro atoms. The van der Waals surface area contributed by atoms with Crippen LogP contribution in [0.2, 0.25) is 0 Å². The third-order valence-corrected chi connectivity index (χ3v) is 3.48. The van der Waals surface area contributed by atoms with E-state index in [9.17, 15) is 0 Å². The molecule has 1 heterocycles. The lowest BCUT2D eigenvalue weighted by Gasteiger charge is -2.32. The van der Waals surface area contributed by atoms with Gasteiger partial charge in [0.1, 0.15) is 0 Å². The second-order valence-electron chi connectivity index (χ2n) is 4.76. The molecule has 2 rings (SSSR count). The third-order valence-electron chi connectivity index (χ3n) is 3.48. The molecule has 0 aromatic rings. The lowest BCUT2D eigenvalue weighted by atomic mass is 9.94. The fourth-order valence-electron chi connectivity index (χ4n) is 2.50. The van der Waals surface area contributed by atoms with Crippen molar-refractivity contribution >= 4 is 24.8 Å². The number of nitrogens with zero attached hydrogens (tertiary/aromatic N) is 1. The fourth-order valence-corrected chi connectivity index (χ4v) is 2.50. The van der Waals surface area contributed by atoms with E-state index in [1.807, 2.05) is 0 Å². The Kier molecular flexibility index (Phi) is 8.47. The van der Waals surface area contributed by atoms with Gasteiger partial charge >= 0.3 is 0 Å². The molecule has 1 atom stereocenters. The van der Waals surface area contributed by atoms with Gasteiger partial charge < -0.3 is 10.6 Å². The first-order valence-electron chi connectivity index (χ1n) is 5.99. The smallest absolute Gasteiger partial charge is 0.00631 e. The molecule has 0 bridgehead atoms. The topological polar surface area (TPSA) is 29.3 Å². The van der Waals surface area contributed by atoms with Crippen LogP contribution in [0.15, 0.2) is 12.2 Å². The molecule has 0 radical (unpaired) electrons. The number of hydrogen-bond donors (Lipinski definition) is 1. The van der Waals surface area contributed by atoms with E-state index in [0.717, 1.165) is 5.92 Å². The molecule has 0 saturated carbocycles. The van der Waals surface area contributed by atoms with E-state index in [-0.39, 0.29) is 24.8 Å². The number of allylic oxidation sites excluding steroid dienone is 1. The molecule has 1 fully saturated rings. The predicted molar refractivity (Wildman–Crippen MR) is 74.6 cm³/mol. The minimum absolute atomic E-state index is 0. The summed E-state index contributed by atoms with van der Waals surface area (Å²) in [6.07, 6.45) is 11.2. The van der Waals surface area contributed by atoms with Crippen LogP contribution in [0.1, 0.15) is 32.1 Å². The monoisotopic (exact) mass is 266 g/mol. The van der Waals surface area contributed by atoms with Gasteiger partial charge in [-0.2, -0.15) is 0 Å². The summed E-state index contributed by atoms with van der Waals surface area (Å²) in [6.45, 7) is 3.69. The van der Waals surface area contributed by atoms with Gasteiger partial charge in [0.2, 0.25) is 0 Å². The van der Waals surface area contributed by atoms with Gasteiger partial charge in [-0.1, -0.05) is 12.2 Å². The number of hydrogen-bond acceptors (Lipinski definition) is 2. The van der Waals surface area contributed by atoms with Crippen molar-refractivity contribution in [3.8, 4) is 0 Å². The maximum Gasteiger partial charge on any atom is 0.00631 e. The van der Waals surface area contributed by atoms with Crippen LogP contribution in [0, 0.1) is 5.92 Å². The molecule has 2 aliphatic rings. The van der Waals surface area contributed by atoms with E-state index in [1.54, 1.807) is 0 Å². The lowest BCUT2D eigenvalue weighted by Crippen LogP contribution is -2.41. The molecule has 0 amide bonds. The maximum absolute atomic E-state index is 5.89. The van der Waals surface area contributed by atoms with Crippen molar-refractivity contribution in [2.45, 2.75) is 38.1 Å². The van der Waals surface area contributed by atoms with E-state index in [1.165, 1.54) is 51.7 Å². The largest absolute Gasteiger partial charge is 0.328 e. The Morgan fingerprint density at radius 1 is 1.12 bits per heavy atom. The van der Waals surface area contributed by atoms with Crippen molar-refractivity contribution in [2.75, 3.05) is 19.6 Å². The normalized spacial score (nSPS) is 26.9. The van der Waals surface area contributed by atoms with Crippen molar-refractivity contribution in [3.63, 3.8) is 0 Å². The minimum atomic E-state index is 0. The van der Waals surface area contributed by atoms with E-state index in [2.05, 4.69) is 17.1 Å². The Hall–Kier alpha value is 0.240. The van der Waals surface area contributed by atoms with E-state index >= 15 is 0 Å². The zero-order valence-corrected chi connectivity index (χ0v) is 11.4. The standard InChI is InChI=1S/C12H22N2.2ClH/c13-12-6-8-14(9-7-12)10-11-4-2-1-3-5-11;;/h2,4,11-12H,1,3,5-10,13H2;2*1H. The van der Waals surface area contributed by atoms with E-state index in [4.69, 9.17) is 5.73 Å². The molecule has 0 aromatic heterocycles. The van der Waals surface area contributed by atoms with Crippen LogP contribution < -0.4 is 5.73 Å². The Morgan fingerprint density at radius 3 is 2.38 bits per heavy atom. The minimum Gasteiger partial charge on any atom is -0.328 e. The SMILES string of the molecule is Cl.Cl.NC1CCN(CC2C=CCCC2)CC1. The summed E-state index contributed by atoms with van der Waals surface area (Å²) in [5.41, 5.74) is 5.89. The third kappa shape index (κ3) is 5.05. The van der Waals surface area contributed by atoms with Crippen LogP contribution in [0.4, 0.5) is 0 Å². The van der Waals surface area contributed by atoms with Crippen LogP contribution in [0.3, 0.4) is 0 Å². The summed E-state index contributed by atoms with van der Waals surface area (Å²) < 4.78 is 0. The Balaban J connectivity index is 0.00000112. The summed E-state index contributed by atoms with van der Waals surface area (Å²) in [5.74, 6) is 0.818. The van der Waals surface area contributed by atoms with Gasteiger partial charge in [0.05, 0.1) is 0 Å². The first-order chi connectivity index (χ1) is 6.84. The van der Waals surface area contributed by atoms with Crippen LogP contribution >= 0.6 is 24.8 Å². The van der Waals surface area contributed by atoms with Gasteiger partial charge in [-0.3, -0.25) is 0 Å². The number of rotatable bonds is 2. The molecule has 1 aliphatic heterocycles. The molecular weight excluding hydrogens is 243 g/mol. The highest BCUT2D eigenvalue weighted by Crippen LogP contribution is 2.19. The summed E-state index contributed by atoms with van der Waals surface area (Å²) >= 11 is 0. The number of nitrogens with two attached hydrogens (primary N) is 1. The Morgan fingerprint density at radius 2 is 1.81 bits per heavy atom. The molecule has 0 aromatic carbocycles. The summed E-state index contributed by atoms with van der Waals surface area (Å²) in [6, 6.07) is 0.466. The van der Waals surface area contributed by atoms with Gasteiger partial charge in [-0.15, -0.1) is 24.8 Å². The molecule has 4 heteroatoms. The predicted octanol–water partition coefficient (Wildman–Crippen LogP) is 2.61. The van der Waals surface area contributed by atoms with Gasteiger partial charge in [0.15, 0.2) is 0 Å². The highest BCUT2D eigenvalue weighted by molar-refractivity contribution is 5.85. The van der Waals surface area contributed by atoms with Crippen molar-refractivity contribution in [2.24, 2.45) is 11.7 Å². The summed E-state index contributed by atoms with van der Waals surface area (Å²) in [7, 11) is 0. The molecular formula is C12H24Cl2N2. The first-order valence-corrected chi connectivity index (χ1v) is 5.99. The average Bonchev–Trinajstić information content (AvgIpc) is 2.23. The molecule has 2 nitrogen and oxygen atoms in total. The second kappa shape index (κ2) is 8.35. The molecule has 2 N–H and O–H groups in total. The summed E-state index contributed by atoms with van der Waals surface area (Å²) in [4.78, 5) is 2.59. The second-order valence-corrected chi connectivity index (χ2v) is 4.76. The Labute approximate surface area is 111 Å². The highest BCUT2D eigenvalue weighted by Gasteiger charge is 2.18. The highest BCUT2D eigenvalue weighted by atomic mass is 35.5. The average molecular weight is 267 g/mol. The van der Waals surface area contributed by atoms with Crippen molar-refractivity contribution in [1.29, 1.82) is 0 Å². The number of likely N-dealkylation sites (tertiary alicyclic amines) is 1. The van der Waals surface area contributed by atoms with Crippen LogP contribution in [-0.2, 0) is 0 Å². The number of piperidine rings is 1. The van der Waals surface area contributed by atoms with Crippen LogP contribution in [-0.4, -0.2) is 30.6 Å². The van der Waals surface area contributed by atoms with E-state index in [0.29, 0.717) is 6.04 Å². The first kappa shape index (κ1) is 16.2.